The Hall–Kier alpha value is -2.00. The van der Waals surface area contributed by atoms with E-state index in [4.69, 9.17) is 5.73 Å². The topological polar surface area (TPSA) is 82.0 Å². The summed E-state index contributed by atoms with van der Waals surface area (Å²) < 4.78 is 61.5. The van der Waals surface area contributed by atoms with Gasteiger partial charge < -0.3 is 5.73 Å². The first-order chi connectivity index (χ1) is 7.66. The largest absolute Gasteiger partial charge is 0.424 e. The van der Waals surface area contributed by atoms with Crippen LogP contribution < -0.4 is 5.73 Å². The summed E-state index contributed by atoms with van der Waals surface area (Å²) >= 11 is 0. The van der Waals surface area contributed by atoms with Crippen LogP contribution >= 0.6 is 0 Å². The number of anilines is 1. The monoisotopic (exact) mass is 257 g/mol. The van der Waals surface area contributed by atoms with Crippen LogP contribution in [0.3, 0.4) is 0 Å². The molecule has 0 radical (unpaired) electrons. The summed E-state index contributed by atoms with van der Waals surface area (Å²) in [5.74, 6) is 0. The van der Waals surface area contributed by atoms with Crippen molar-refractivity contribution in [2.45, 2.75) is 12.6 Å². The molecule has 0 aliphatic heterocycles. The molecule has 0 saturated heterocycles. The first kappa shape index (κ1) is 13.1. The van der Waals surface area contributed by atoms with Crippen molar-refractivity contribution in [2.24, 2.45) is 0 Å². The van der Waals surface area contributed by atoms with Crippen molar-refractivity contribution in [2.75, 3.05) is 5.73 Å². The average molecular weight is 257 g/mol. The third-order valence-electron chi connectivity index (χ3n) is 1.81. The summed E-state index contributed by atoms with van der Waals surface area (Å²) in [5.41, 5.74) is -0.993. The Morgan fingerprint density at radius 3 is 2.29 bits per heavy atom. The van der Waals surface area contributed by atoms with E-state index in [1.54, 1.807) is 0 Å². The van der Waals surface area contributed by atoms with Crippen LogP contribution in [0.1, 0.15) is 17.7 Å². The van der Waals surface area contributed by atoms with Crippen LogP contribution in [0.5, 0.6) is 0 Å². The van der Waals surface area contributed by atoms with Gasteiger partial charge in [-0.3, -0.25) is 15.1 Å². The molecule has 17 heavy (non-hydrogen) atoms. The Morgan fingerprint density at radius 2 is 1.94 bits per heavy atom. The molecule has 1 aromatic heterocycles. The van der Waals surface area contributed by atoms with Crippen LogP contribution in [0.15, 0.2) is 6.20 Å². The first-order valence-corrected chi connectivity index (χ1v) is 3.94. The second-order valence-electron chi connectivity index (χ2n) is 2.87. The van der Waals surface area contributed by atoms with Gasteiger partial charge in [0.25, 0.3) is 6.43 Å². The van der Waals surface area contributed by atoms with Gasteiger partial charge in [0, 0.05) is 6.20 Å². The van der Waals surface area contributed by atoms with Gasteiger partial charge in [0.1, 0.15) is 11.4 Å². The quantitative estimate of drug-likeness (QED) is 0.501. The number of nitrogen functional groups attached to an aromatic ring is 1. The van der Waals surface area contributed by atoms with Gasteiger partial charge in [0.2, 0.25) is 0 Å². The lowest BCUT2D eigenvalue weighted by Crippen LogP contribution is -2.13. The predicted molar refractivity (Wildman–Crippen MR) is 45.3 cm³/mol. The smallest absolute Gasteiger partial charge is 0.391 e. The van der Waals surface area contributed by atoms with Gasteiger partial charge in [-0.15, -0.1) is 0 Å². The predicted octanol–water partition coefficient (Wildman–Crippen LogP) is 2.53. The van der Waals surface area contributed by atoms with E-state index in [2.05, 4.69) is 4.98 Å². The number of halogens is 5. The van der Waals surface area contributed by atoms with Gasteiger partial charge in [-0.25, -0.2) is 8.78 Å². The fourth-order valence-corrected chi connectivity index (χ4v) is 1.11. The highest BCUT2D eigenvalue weighted by Gasteiger charge is 2.41. The maximum Gasteiger partial charge on any atom is 0.424 e. The lowest BCUT2D eigenvalue weighted by molar-refractivity contribution is -0.387. The molecule has 0 amide bonds. The van der Waals surface area contributed by atoms with Crippen molar-refractivity contribution in [1.29, 1.82) is 0 Å². The molecular weight excluding hydrogens is 253 g/mol. The first-order valence-electron chi connectivity index (χ1n) is 3.94. The zero-order valence-corrected chi connectivity index (χ0v) is 7.83. The molecule has 1 rings (SSSR count). The Morgan fingerprint density at radius 1 is 1.41 bits per heavy atom. The molecular formula is C7H4F5N3O2. The van der Waals surface area contributed by atoms with Crippen LogP contribution in [0, 0.1) is 10.1 Å². The second kappa shape index (κ2) is 4.11. The zero-order valence-electron chi connectivity index (χ0n) is 7.83. The van der Waals surface area contributed by atoms with Gasteiger partial charge in [0.15, 0.2) is 5.56 Å². The number of aromatic nitrogens is 1. The summed E-state index contributed by atoms with van der Waals surface area (Å²) in [6.07, 6.45) is -8.42. The molecule has 0 aliphatic carbocycles. The minimum Gasteiger partial charge on any atom is -0.391 e. The number of nitrogens with two attached hydrogens (primary N) is 1. The molecule has 0 aliphatic rings. The number of hydrogen-bond acceptors (Lipinski definition) is 4. The van der Waals surface area contributed by atoms with Crippen LogP contribution in [-0.4, -0.2) is 9.91 Å². The van der Waals surface area contributed by atoms with E-state index in [0.717, 1.165) is 0 Å². The fourth-order valence-electron chi connectivity index (χ4n) is 1.11. The van der Waals surface area contributed by atoms with E-state index in [1.165, 1.54) is 0 Å². The van der Waals surface area contributed by atoms with Crippen molar-refractivity contribution in [3.8, 4) is 0 Å². The highest BCUT2D eigenvalue weighted by atomic mass is 19.4. The van der Waals surface area contributed by atoms with Gasteiger partial charge in [-0.2, -0.15) is 13.2 Å². The van der Waals surface area contributed by atoms with E-state index in [-0.39, 0.29) is 6.20 Å². The summed E-state index contributed by atoms with van der Waals surface area (Å²) in [7, 11) is 0. The van der Waals surface area contributed by atoms with Gasteiger partial charge in [-0.05, 0) is 0 Å². The molecule has 0 bridgehead atoms. The Labute approximate surface area is 90.2 Å². The molecule has 0 fully saturated rings. The van der Waals surface area contributed by atoms with Crippen molar-refractivity contribution >= 4 is 11.4 Å². The van der Waals surface area contributed by atoms with Crippen LogP contribution in [-0.2, 0) is 6.18 Å². The molecule has 0 spiro atoms. The SMILES string of the molecule is Nc1c(C(F)F)ncc(C(F)(F)F)c1[N+](=O)[O-]. The van der Waals surface area contributed by atoms with Gasteiger partial charge in [-0.1, -0.05) is 0 Å². The third kappa shape index (κ3) is 2.40. The normalized spacial score (nSPS) is 11.9. The van der Waals surface area contributed by atoms with E-state index >= 15 is 0 Å². The van der Waals surface area contributed by atoms with Crippen molar-refractivity contribution in [3.63, 3.8) is 0 Å². The number of rotatable bonds is 2. The van der Waals surface area contributed by atoms with Crippen LogP contribution in [0.2, 0.25) is 0 Å². The average Bonchev–Trinajstić information content (AvgIpc) is 2.14. The number of nitro groups is 1. The maximum absolute atomic E-state index is 12.3. The standard InChI is InChI=1S/C7H4F5N3O2/c8-6(9)4-3(13)5(15(16)17)2(1-14-4)7(10,11)12/h1,6H,13H2. The Kier molecular flexibility index (Phi) is 3.16. The number of alkyl halides is 5. The molecule has 5 nitrogen and oxygen atoms in total. The van der Waals surface area contributed by atoms with E-state index in [0.29, 0.717) is 0 Å². The highest BCUT2D eigenvalue weighted by molar-refractivity contribution is 5.65. The number of pyridine rings is 1. The summed E-state index contributed by atoms with van der Waals surface area (Å²) in [6.45, 7) is 0. The van der Waals surface area contributed by atoms with Crippen molar-refractivity contribution in [3.05, 3.63) is 27.6 Å². The molecule has 0 aromatic carbocycles. The molecule has 1 aromatic rings. The molecule has 10 heteroatoms. The van der Waals surface area contributed by atoms with Gasteiger partial charge >= 0.3 is 11.9 Å². The number of nitrogens with zero attached hydrogens (tertiary/aromatic N) is 2. The molecule has 94 valence electrons. The molecule has 0 atom stereocenters. The zero-order chi connectivity index (χ0) is 13.4. The fraction of sp³-hybridized carbons (Fsp3) is 0.286. The minimum absolute atomic E-state index is 0.0318. The third-order valence-corrected chi connectivity index (χ3v) is 1.81. The molecule has 0 saturated carbocycles. The van der Waals surface area contributed by atoms with Crippen molar-refractivity contribution in [1.82, 2.24) is 4.98 Å². The lowest BCUT2D eigenvalue weighted by atomic mass is 10.1. The second-order valence-corrected chi connectivity index (χ2v) is 2.87. The summed E-state index contributed by atoms with van der Waals surface area (Å²) in [4.78, 5) is 11.7. The van der Waals surface area contributed by atoms with E-state index in [9.17, 15) is 32.1 Å². The summed E-state index contributed by atoms with van der Waals surface area (Å²) in [5, 5.41) is 10.4. The lowest BCUT2D eigenvalue weighted by Gasteiger charge is -2.10. The van der Waals surface area contributed by atoms with Crippen LogP contribution in [0.25, 0.3) is 0 Å². The van der Waals surface area contributed by atoms with E-state index < -0.39 is 40.2 Å². The van der Waals surface area contributed by atoms with E-state index in [1.807, 2.05) is 0 Å². The maximum atomic E-state index is 12.3. The van der Waals surface area contributed by atoms with Gasteiger partial charge in [0.05, 0.1) is 4.92 Å². The highest BCUT2D eigenvalue weighted by Crippen LogP contribution is 2.41. The molecule has 2 N–H and O–H groups in total. The number of hydrogen-bond donors (Lipinski definition) is 1. The molecule has 0 unspecified atom stereocenters. The Balaban J connectivity index is 3.57. The van der Waals surface area contributed by atoms with Crippen LogP contribution in [0.4, 0.5) is 33.3 Å². The van der Waals surface area contributed by atoms with Crippen molar-refractivity contribution < 1.29 is 26.9 Å². The Bertz CT molecular complexity index is 460. The molecule has 1 heterocycles. The minimum atomic E-state index is -5.09. The summed E-state index contributed by atoms with van der Waals surface area (Å²) in [6, 6.07) is 0.